The van der Waals surface area contributed by atoms with Crippen LogP contribution in [0, 0.1) is 0 Å². The van der Waals surface area contributed by atoms with E-state index in [1.807, 2.05) is 32.9 Å². The van der Waals surface area contributed by atoms with Gasteiger partial charge in [0, 0.05) is 17.8 Å². The number of nitrogen functional groups attached to an aromatic ring is 1. The van der Waals surface area contributed by atoms with Gasteiger partial charge in [-0.3, -0.25) is 4.79 Å². The number of anilines is 1. The number of rotatable bonds is 4. The van der Waals surface area contributed by atoms with Gasteiger partial charge >= 0.3 is 0 Å². The van der Waals surface area contributed by atoms with E-state index in [2.05, 4.69) is 15.3 Å². The molecule has 2 aromatic rings. The average molecular weight is 273 g/mol. The topological polar surface area (TPSA) is 85.8 Å². The zero-order chi connectivity index (χ0) is 14.7. The minimum absolute atomic E-state index is 0.0540. The van der Waals surface area contributed by atoms with Crippen molar-refractivity contribution < 1.29 is 4.79 Å². The van der Waals surface area contributed by atoms with Gasteiger partial charge in [0.15, 0.2) is 0 Å². The molecule has 2 aromatic heterocycles. The van der Waals surface area contributed by atoms with Crippen molar-refractivity contribution in [1.29, 1.82) is 0 Å². The number of nitrogens with one attached hydrogen (secondary N) is 1. The van der Waals surface area contributed by atoms with Gasteiger partial charge in [0.2, 0.25) is 5.91 Å². The predicted octanol–water partition coefficient (Wildman–Crippen LogP) is 1.61. The number of hydrogen-bond donors (Lipinski definition) is 2. The lowest BCUT2D eigenvalue weighted by Gasteiger charge is -2.18. The number of carbonyl (C=O) groups is 1. The highest BCUT2D eigenvalue weighted by Gasteiger charge is 2.19. The summed E-state index contributed by atoms with van der Waals surface area (Å²) >= 11 is 0. The fraction of sp³-hybridized carbons (Fsp3) is 0.357. The van der Waals surface area contributed by atoms with E-state index in [-0.39, 0.29) is 18.0 Å². The number of pyridine rings is 1. The van der Waals surface area contributed by atoms with Crippen LogP contribution in [0.5, 0.6) is 0 Å². The molecule has 1 atom stereocenters. The Morgan fingerprint density at radius 3 is 2.80 bits per heavy atom. The molecule has 106 valence electrons. The van der Waals surface area contributed by atoms with Crippen molar-refractivity contribution >= 4 is 11.7 Å². The van der Waals surface area contributed by atoms with Crippen LogP contribution in [0.15, 0.2) is 30.9 Å². The van der Waals surface area contributed by atoms with Crippen molar-refractivity contribution in [2.45, 2.75) is 32.9 Å². The molecule has 2 rings (SSSR count). The molecule has 0 aromatic carbocycles. The van der Waals surface area contributed by atoms with E-state index < -0.39 is 0 Å². The third-order valence-corrected chi connectivity index (χ3v) is 3.01. The maximum Gasteiger partial charge on any atom is 0.243 e. The van der Waals surface area contributed by atoms with Gasteiger partial charge in [0.1, 0.15) is 11.9 Å². The molecule has 0 bridgehead atoms. The lowest BCUT2D eigenvalue weighted by molar-refractivity contribution is -0.124. The highest BCUT2D eigenvalue weighted by Crippen LogP contribution is 2.26. The van der Waals surface area contributed by atoms with Crippen LogP contribution < -0.4 is 11.1 Å². The Kier molecular flexibility index (Phi) is 4.02. The first-order valence-electron chi connectivity index (χ1n) is 6.53. The first-order chi connectivity index (χ1) is 9.50. The Morgan fingerprint density at radius 2 is 2.15 bits per heavy atom. The second-order valence-electron chi connectivity index (χ2n) is 4.96. The van der Waals surface area contributed by atoms with E-state index in [1.54, 1.807) is 23.3 Å². The van der Waals surface area contributed by atoms with E-state index in [0.717, 1.165) is 11.3 Å². The van der Waals surface area contributed by atoms with Crippen LogP contribution in [0.25, 0.3) is 11.3 Å². The standard InChI is InChI=1S/C14H19N5O/c1-9(2)18-14(20)10(3)19-8-16-7-12(19)11-5-4-6-17-13(11)15/h4-10H,1-3H3,(H2,15,17)(H,18,20). The molecule has 1 amide bonds. The minimum atomic E-state index is -0.366. The maximum absolute atomic E-state index is 12.1. The SMILES string of the molecule is CC(C)NC(=O)C(C)n1cncc1-c1cccnc1N. The summed E-state index contributed by atoms with van der Waals surface area (Å²) < 4.78 is 1.80. The molecular weight excluding hydrogens is 254 g/mol. The Morgan fingerprint density at radius 1 is 1.40 bits per heavy atom. The molecule has 0 saturated heterocycles. The smallest absolute Gasteiger partial charge is 0.243 e. The van der Waals surface area contributed by atoms with Gasteiger partial charge < -0.3 is 15.6 Å². The fourth-order valence-corrected chi connectivity index (χ4v) is 1.99. The Hall–Kier alpha value is -2.37. The molecule has 0 spiro atoms. The number of hydrogen-bond acceptors (Lipinski definition) is 4. The first-order valence-corrected chi connectivity index (χ1v) is 6.53. The van der Waals surface area contributed by atoms with Crippen molar-refractivity contribution in [3.63, 3.8) is 0 Å². The van der Waals surface area contributed by atoms with Gasteiger partial charge in [-0.05, 0) is 32.9 Å². The van der Waals surface area contributed by atoms with Crippen molar-refractivity contribution in [2.75, 3.05) is 5.73 Å². The van der Waals surface area contributed by atoms with Crippen LogP contribution in [-0.2, 0) is 4.79 Å². The zero-order valence-corrected chi connectivity index (χ0v) is 11.9. The van der Waals surface area contributed by atoms with Gasteiger partial charge in [-0.1, -0.05) is 0 Å². The molecule has 0 fully saturated rings. The van der Waals surface area contributed by atoms with Crippen LogP contribution in [-0.4, -0.2) is 26.5 Å². The molecule has 0 saturated carbocycles. The first kappa shape index (κ1) is 14.0. The highest BCUT2D eigenvalue weighted by molar-refractivity contribution is 5.81. The Balaban J connectivity index is 2.34. The molecule has 1 unspecified atom stereocenters. The van der Waals surface area contributed by atoms with E-state index in [1.165, 1.54) is 0 Å². The number of carbonyl (C=O) groups excluding carboxylic acids is 1. The maximum atomic E-state index is 12.1. The summed E-state index contributed by atoms with van der Waals surface area (Å²) in [5.74, 6) is 0.368. The second kappa shape index (κ2) is 5.73. The van der Waals surface area contributed by atoms with Gasteiger partial charge in [-0.2, -0.15) is 0 Å². The molecule has 6 nitrogen and oxygen atoms in total. The second-order valence-corrected chi connectivity index (χ2v) is 4.96. The summed E-state index contributed by atoms with van der Waals surface area (Å²) in [5.41, 5.74) is 7.44. The Labute approximate surface area is 118 Å². The molecule has 0 aliphatic rings. The van der Waals surface area contributed by atoms with Crippen molar-refractivity contribution in [3.8, 4) is 11.3 Å². The predicted molar refractivity (Wildman–Crippen MR) is 77.9 cm³/mol. The monoisotopic (exact) mass is 273 g/mol. The van der Waals surface area contributed by atoms with Gasteiger partial charge in [-0.15, -0.1) is 0 Å². The number of nitrogens with zero attached hydrogens (tertiary/aromatic N) is 3. The Bertz CT molecular complexity index is 605. The van der Waals surface area contributed by atoms with Crippen LogP contribution in [0.4, 0.5) is 5.82 Å². The lowest BCUT2D eigenvalue weighted by Crippen LogP contribution is -2.35. The summed E-state index contributed by atoms with van der Waals surface area (Å²) in [6.45, 7) is 5.69. The third-order valence-electron chi connectivity index (χ3n) is 3.01. The molecule has 0 radical (unpaired) electrons. The molecule has 20 heavy (non-hydrogen) atoms. The minimum Gasteiger partial charge on any atom is -0.383 e. The van der Waals surface area contributed by atoms with Crippen LogP contribution in [0.3, 0.4) is 0 Å². The summed E-state index contributed by atoms with van der Waals surface area (Å²) in [6, 6.07) is 3.40. The fourth-order valence-electron chi connectivity index (χ4n) is 1.99. The lowest BCUT2D eigenvalue weighted by atomic mass is 10.1. The van der Waals surface area contributed by atoms with Crippen LogP contribution in [0.2, 0.25) is 0 Å². The van der Waals surface area contributed by atoms with E-state index in [0.29, 0.717) is 5.82 Å². The number of imidazole rings is 1. The van der Waals surface area contributed by atoms with Gasteiger partial charge in [-0.25, -0.2) is 9.97 Å². The third kappa shape index (κ3) is 2.79. The van der Waals surface area contributed by atoms with Crippen LogP contribution in [0.1, 0.15) is 26.8 Å². The summed E-state index contributed by atoms with van der Waals surface area (Å²) in [5, 5.41) is 2.89. The van der Waals surface area contributed by atoms with Gasteiger partial charge in [0.25, 0.3) is 0 Å². The molecule has 0 aliphatic carbocycles. The van der Waals surface area contributed by atoms with Crippen molar-refractivity contribution in [3.05, 3.63) is 30.9 Å². The molecule has 3 N–H and O–H groups in total. The highest BCUT2D eigenvalue weighted by atomic mass is 16.2. The van der Waals surface area contributed by atoms with Gasteiger partial charge in [0.05, 0.1) is 18.2 Å². The van der Waals surface area contributed by atoms with E-state index >= 15 is 0 Å². The molecule has 0 aliphatic heterocycles. The molecule has 2 heterocycles. The summed E-state index contributed by atoms with van der Waals surface area (Å²) in [4.78, 5) is 20.3. The summed E-state index contributed by atoms with van der Waals surface area (Å²) in [7, 11) is 0. The average Bonchev–Trinajstić information content (AvgIpc) is 2.86. The van der Waals surface area contributed by atoms with E-state index in [9.17, 15) is 4.79 Å². The number of amides is 1. The summed E-state index contributed by atoms with van der Waals surface area (Å²) in [6.07, 6.45) is 4.95. The number of aromatic nitrogens is 3. The van der Waals surface area contributed by atoms with Crippen molar-refractivity contribution in [1.82, 2.24) is 19.9 Å². The van der Waals surface area contributed by atoms with Crippen molar-refractivity contribution in [2.24, 2.45) is 0 Å². The molecule has 6 heteroatoms. The van der Waals surface area contributed by atoms with Crippen LogP contribution >= 0.6 is 0 Å². The van der Waals surface area contributed by atoms with E-state index in [4.69, 9.17) is 5.73 Å². The zero-order valence-electron chi connectivity index (χ0n) is 11.9. The number of nitrogens with two attached hydrogens (primary N) is 1. The normalized spacial score (nSPS) is 12.4. The molecular formula is C14H19N5O. The largest absolute Gasteiger partial charge is 0.383 e. The quantitative estimate of drug-likeness (QED) is 0.886.